The number of fused-ring (bicyclic) bond motifs is 3. The number of rotatable bonds is 15. The van der Waals surface area contributed by atoms with Crippen LogP contribution in [0.25, 0.3) is 50.0 Å². The normalized spacial score (nSPS) is 11.6. The number of nitrogens with zero attached hydrogens (tertiary/aromatic N) is 5. The Balaban J connectivity index is 1.11. The zero-order valence-corrected chi connectivity index (χ0v) is 41.4. The molecule has 9 nitrogen and oxygen atoms in total. The Hall–Kier alpha value is -8.30. The molecule has 0 saturated heterocycles. The van der Waals surface area contributed by atoms with Crippen molar-refractivity contribution in [1.82, 2.24) is 24.5 Å². The van der Waals surface area contributed by atoms with Crippen molar-refractivity contribution in [2.24, 2.45) is 0 Å². The first-order valence-corrected chi connectivity index (χ1v) is 24.4. The highest BCUT2D eigenvalue weighted by atomic mass is 16.5. The van der Waals surface area contributed by atoms with Gasteiger partial charge in [-0.1, -0.05) is 116 Å². The molecule has 10 aromatic rings. The maximum absolute atomic E-state index is 7.07. The van der Waals surface area contributed by atoms with Gasteiger partial charge in [0.05, 0.1) is 11.0 Å². The lowest BCUT2D eigenvalue weighted by Gasteiger charge is -2.21. The van der Waals surface area contributed by atoms with Crippen LogP contribution in [0.2, 0.25) is 0 Å². The highest BCUT2D eigenvalue weighted by Gasteiger charge is 2.23. The molecule has 0 fully saturated rings. The summed E-state index contributed by atoms with van der Waals surface area (Å²) in [5.74, 6) is 6.49. The number of aromatic nitrogens is 5. The van der Waals surface area contributed by atoms with Crippen molar-refractivity contribution in [3.8, 4) is 74.5 Å². The first-order chi connectivity index (χ1) is 34.5. The van der Waals surface area contributed by atoms with Crippen LogP contribution in [-0.2, 0) is 0 Å². The molecule has 0 aliphatic rings. The average Bonchev–Trinajstić information content (AvgIpc) is 3.69. The molecular weight excluding hydrogens is 879 g/mol. The van der Waals surface area contributed by atoms with Crippen molar-refractivity contribution in [1.29, 1.82) is 0 Å². The summed E-state index contributed by atoms with van der Waals surface area (Å²) >= 11 is 0. The summed E-state index contributed by atoms with van der Waals surface area (Å²) in [6.07, 6.45) is 6.97. The maximum Gasteiger partial charge on any atom is 0.234 e. The minimum Gasteiger partial charge on any atom is -0.456 e. The molecule has 0 amide bonds. The standard InChI is InChI=1S/C62H57N5O4/c1-38(2)42-16-20-44(21-17-42)60-52(40(5)6)32-48(70-58-14-9-11-28-63-58)36-56(60)68-46-24-26-50-51-27-25-47(35-55(51)67(54(50)34-46)62-65-30-13-31-66-62)69-57-37-49(71-59-15-10-12-29-64-59)33-53(41(7)8)61(57)45-22-18-43(19-23-45)39(3)4/h9-41H,1-8H3. The van der Waals surface area contributed by atoms with Crippen LogP contribution < -0.4 is 18.9 Å². The zero-order valence-electron chi connectivity index (χ0n) is 41.4. The third-order valence-corrected chi connectivity index (χ3v) is 12.8. The second-order valence-corrected chi connectivity index (χ2v) is 19.1. The summed E-state index contributed by atoms with van der Waals surface area (Å²) in [5, 5.41) is 2.01. The number of hydrogen-bond donors (Lipinski definition) is 0. The van der Waals surface area contributed by atoms with E-state index in [2.05, 4.69) is 155 Å². The molecule has 0 spiro atoms. The molecule has 354 valence electrons. The van der Waals surface area contributed by atoms with E-state index in [1.807, 2.05) is 66.7 Å². The van der Waals surface area contributed by atoms with Crippen LogP contribution in [-0.4, -0.2) is 24.5 Å². The lowest BCUT2D eigenvalue weighted by molar-refractivity contribution is 0.448. The molecule has 9 heteroatoms. The monoisotopic (exact) mass is 935 g/mol. The Kier molecular flexibility index (Phi) is 13.1. The summed E-state index contributed by atoms with van der Waals surface area (Å²) in [6.45, 7) is 17.6. The number of pyridine rings is 2. The van der Waals surface area contributed by atoms with Crippen LogP contribution in [0.1, 0.15) is 101 Å². The SMILES string of the molecule is CC(C)c1ccc(-c2c(Oc3ccc4c5ccc(Oc6cc(Oc7ccccn7)cc(C(C)C)c6-c6ccc(C(C)C)cc6)cc5n(-c5ncccn5)c4c3)cc(Oc3ccccn3)cc2C(C)C)cc1. The zero-order chi connectivity index (χ0) is 49.2. The summed E-state index contributed by atoms with van der Waals surface area (Å²) in [5.41, 5.74) is 10.6. The van der Waals surface area contributed by atoms with Gasteiger partial charge in [-0.2, -0.15) is 0 Å². The van der Waals surface area contributed by atoms with Crippen molar-refractivity contribution in [3.05, 3.63) is 199 Å². The molecule has 0 radical (unpaired) electrons. The van der Waals surface area contributed by atoms with Crippen LogP contribution in [0.3, 0.4) is 0 Å². The molecule has 0 unspecified atom stereocenters. The molecule has 0 atom stereocenters. The Morgan fingerprint density at radius 3 is 1.17 bits per heavy atom. The van der Waals surface area contributed by atoms with Gasteiger partial charge in [0.25, 0.3) is 0 Å². The summed E-state index contributed by atoms with van der Waals surface area (Å²) in [6, 6.07) is 51.2. The fourth-order valence-corrected chi connectivity index (χ4v) is 9.14. The molecule has 0 aliphatic heterocycles. The molecule has 0 aliphatic carbocycles. The number of ether oxygens (including phenoxy) is 4. The molecule has 4 heterocycles. The van der Waals surface area contributed by atoms with E-state index in [9.17, 15) is 0 Å². The van der Waals surface area contributed by atoms with Gasteiger partial charge in [-0.15, -0.1) is 0 Å². The highest BCUT2D eigenvalue weighted by Crippen LogP contribution is 2.47. The van der Waals surface area contributed by atoms with E-state index in [1.54, 1.807) is 24.8 Å². The van der Waals surface area contributed by atoms with Crippen LogP contribution in [0, 0.1) is 0 Å². The van der Waals surface area contributed by atoms with E-state index < -0.39 is 0 Å². The van der Waals surface area contributed by atoms with Gasteiger partial charge >= 0.3 is 0 Å². The average molecular weight is 936 g/mol. The van der Waals surface area contributed by atoms with E-state index in [4.69, 9.17) is 28.9 Å². The highest BCUT2D eigenvalue weighted by molar-refractivity contribution is 6.09. The Morgan fingerprint density at radius 1 is 0.366 bits per heavy atom. The van der Waals surface area contributed by atoms with Gasteiger partial charge in [0.2, 0.25) is 17.7 Å². The molecule has 4 aromatic heterocycles. The molecular formula is C62H57N5O4. The molecule has 71 heavy (non-hydrogen) atoms. The van der Waals surface area contributed by atoms with Gasteiger partial charge in [-0.3, -0.25) is 4.57 Å². The van der Waals surface area contributed by atoms with Gasteiger partial charge in [-0.25, -0.2) is 19.9 Å². The van der Waals surface area contributed by atoms with E-state index in [1.165, 1.54) is 11.1 Å². The summed E-state index contributed by atoms with van der Waals surface area (Å²) < 4.78 is 29.0. The predicted octanol–water partition coefficient (Wildman–Crippen LogP) is 17.4. The largest absolute Gasteiger partial charge is 0.456 e. The van der Waals surface area contributed by atoms with Gasteiger partial charge < -0.3 is 18.9 Å². The van der Waals surface area contributed by atoms with Crippen LogP contribution in [0.5, 0.6) is 46.3 Å². The first kappa shape index (κ1) is 46.4. The van der Waals surface area contributed by atoms with E-state index in [0.717, 1.165) is 55.2 Å². The van der Waals surface area contributed by atoms with Crippen molar-refractivity contribution in [3.63, 3.8) is 0 Å². The van der Waals surface area contributed by atoms with Gasteiger partial charge in [0.1, 0.15) is 34.5 Å². The second kappa shape index (κ2) is 20.0. The number of hydrogen-bond acceptors (Lipinski definition) is 8. The third kappa shape index (κ3) is 9.81. The smallest absolute Gasteiger partial charge is 0.234 e. The lowest BCUT2D eigenvalue weighted by atomic mass is 9.90. The minimum atomic E-state index is 0.149. The van der Waals surface area contributed by atoms with Crippen LogP contribution >= 0.6 is 0 Å². The van der Waals surface area contributed by atoms with E-state index in [0.29, 0.717) is 64.0 Å². The molecule has 0 saturated carbocycles. The fourth-order valence-electron chi connectivity index (χ4n) is 9.14. The molecule has 10 rings (SSSR count). The Bertz CT molecular complexity index is 3250. The molecule has 0 bridgehead atoms. The molecule has 0 N–H and O–H groups in total. The topological polar surface area (TPSA) is 93.4 Å². The van der Waals surface area contributed by atoms with Gasteiger partial charge in [0, 0.05) is 83.1 Å². The molecule has 6 aromatic carbocycles. The van der Waals surface area contributed by atoms with Crippen molar-refractivity contribution in [2.45, 2.75) is 79.1 Å². The number of benzene rings is 6. The summed E-state index contributed by atoms with van der Waals surface area (Å²) in [4.78, 5) is 18.5. The van der Waals surface area contributed by atoms with E-state index >= 15 is 0 Å². The first-order valence-electron chi connectivity index (χ1n) is 24.4. The quantitative estimate of drug-likeness (QED) is 0.100. The van der Waals surface area contributed by atoms with Crippen LogP contribution in [0.15, 0.2) is 176 Å². The van der Waals surface area contributed by atoms with E-state index in [-0.39, 0.29) is 11.8 Å². The predicted molar refractivity (Wildman–Crippen MR) is 285 cm³/mol. The minimum absolute atomic E-state index is 0.149. The van der Waals surface area contributed by atoms with Gasteiger partial charge in [0.15, 0.2) is 0 Å². The van der Waals surface area contributed by atoms with Gasteiger partial charge in [-0.05, 0) is 112 Å². The third-order valence-electron chi connectivity index (χ3n) is 12.8. The summed E-state index contributed by atoms with van der Waals surface area (Å²) in [7, 11) is 0. The Morgan fingerprint density at radius 2 is 0.789 bits per heavy atom. The van der Waals surface area contributed by atoms with Crippen molar-refractivity contribution in [2.75, 3.05) is 0 Å². The lowest BCUT2D eigenvalue weighted by Crippen LogP contribution is -2.01. The second-order valence-electron chi connectivity index (χ2n) is 19.1. The van der Waals surface area contributed by atoms with Crippen molar-refractivity contribution < 1.29 is 18.9 Å². The fraction of sp³-hybridized carbons (Fsp3) is 0.194. The Labute approximate surface area is 415 Å². The maximum atomic E-state index is 7.07. The van der Waals surface area contributed by atoms with Crippen molar-refractivity contribution >= 4 is 21.8 Å². The van der Waals surface area contributed by atoms with Crippen LogP contribution in [0.4, 0.5) is 0 Å².